The fourth-order valence-corrected chi connectivity index (χ4v) is 3.33. The summed E-state index contributed by atoms with van der Waals surface area (Å²) in [7, 11) is 0. The van der Waals surface area contributed by atoms with E-state index in [9.17, 15) is 28.4 Å². The van der Waals surface area contributed by atoms with E-state index < -0.39 is 35.3 Å². The van der Waals surface area contributed by atoms with Gasteiger partial charge in [0.25, 0.3) is 11.5 Å². The minimum Gasteiger partial charge on any atom is -0.481 e. The van der Waals surface area contributed by atoms with Gasteiger partial charge in [-0.15, -0.1) is 0 Å². The average Bonchev–Trinajstić information content (AvgIpc) is 2.94. The molecule has 15 heteroatoms. The molecule has 4 rings (SSSR count). The fraction of sp³-hybridized carbons (Fsp3) is 0.154. The number of carbonyl (C=O) groups is 4. The van der Waals surface area contributed by atoms with Crippen LogP contribution >= 0.6 is 0 Å². The van der Waals surface area contributed by atoms with E-state index >= 15 is 0 Å². The van der Waals surface area contributed by atoms with Crippen LogP contribution in [-0.2, 0) is 16.1 Å². The van der Waals surface area contributed by atoms with E-state index in [0.29, 0.717) is 17.7 Å². The van der Waals surface area contributed by atoms with Crippen LogP contribution in [0.5, 0.6) is 0 Å². The second-order valence-corrected chi connectivity index (χ2v) is 8.35. The van der Waals surface area contributed by atoms with Gasteiger partial charge in [0.2, 0.25) is 5.95 Å². The molecule has 2 aromatic heterocycles. The van der Waals surface area contributed by atoms with Crippen molar-refractivity contribution in [3.63, 3.8) is 0 Å². The molecule has 7 N–H and O–H groups in total. The summed E-state index contributed by atoms with van der Waals surface area (Å²) in [6, 6.07) is 10.7. The molecule has 1 unspecified atom stereocenters. The number of hydrogen-bond donors (Lipinski definition) is 6. The van der Waals surface area contributed by atoms with Crippen molar-refractivity contribution in [2.75, 3.05) is 11.1 Å². The van der Waals surface area contributed by atoms with Crippen molar-refractivity contribution in [3.05, 3.63) is 87.7 Å². The van der Waals surface area contributed by atoms with Gasteiger partial charge in [-0.1, -0.05) is 12.1 Å². The van der Waals surface area contributed by atoms with Gasteiger partial charge >= 0.3 is 11.9 Å². The minimum atomic E-state index is -1.31. The number of aromatic nitrogens is 4. The number of aromatic amines is 1. The Bertz CT molecular complexity index is 1630. The Balaban J connectivity index is 0.000000436. The highest BCUT2D eigenvalue weighted by Crippen LogP contribution is 2.12. The van der Waals surface area contributed by atoms with E-state index in [4.69, 9.17) is 15.9 Å². The molecule has 0 radical (unpaired) electrons. The van der Waals surface area contributed by atoms with Gasteiger partial charge in [-0.05, 0) is 42.8 Å². The highest BCUT2D eigenvalue weighted by atomic mass is 19.1. The minimum absolute atomic E-state index is 0.0524. The van der Waals surface area contributed by atoms with Crippen LogP contribution < -0.4 is 21.9 Å². The van der Waals surface area contributed by atoms with Crippen molar-refractivity contribution in [1.82, 2.24) is 25.3 Å². The Kier molecular flexibility index (Phi) is 10.1. The smallest absolute Gasteiger partial charge is 0.326 e. The number of nitrogens with two attached hydrogens (primary N) is 1. The number of H-pyrrole nitrogens is 1. The number of hydrogen-bond acceptors (Lipinski definition) is 10. The van der Waals surface area contributed by atoms with Crippen LogP contribution in [0.25, 0.3) is 11.2 Å². The number of amides is 1. The normalized spacial score (nSPS) is 11.0. The van der Waals surface area contributed by atoms with Crippen LogP contribution in [0.1, 0.15) is 39.3 Å². The molecule has 1 amide bonds. The summed E-state index contributed by atoms with van der Waals surface area (Å²) >= 11 is 0. The molecule has 0 spiro atoms. The number of carboxylic acids is 2. The number of fused-ring (bicyclic) bond motifs is 1. The number of nitrogens with one attached hydrogen (secondary N) is 3. The number of carboxylic acid groups (broad SMARTS) is 2. The second kappa shape index (κ2) is 13.9. The molecule has 0 saturated carbocycles. The number of aldehydes is 1. The largest absolute Gasteiger partial charge is 0.481 e. The number of carbonyl (C=O) groups excluding carboxylic acids is 2. The van der Waals surface area contributed by atoms with Gasteiger partial charge in [0.1, 0.15) is 11.9 Å². The molecule has 14 nitrogen and oxygen atoms in total. The van der Waals surface area contributed by atoms with E-state index in [1.807, 2.05) is 0 Å². The first-order chi connectivity index (χ1) is 19.6. The molecule has 0 saturated heterocycles. The molecule has 212 valence electrons. The highest BCUT2D eigenvalue weighted by Gasteiger charge is 2.21. The quantitative estimate of drug-likeness (QED) is 0.151. The van der Waals surface area contributed by atoms with Crippen LogP contribution in [0.2, 0.25) is 0 Å². The van der Waals surface area contributed by atoms with Crippen LogP contribution in [0.15, 0.2) is 59.5 Å². The molecule has 0 aliphatic carbocycles. The van der Waals surface area contributed by atoms with E-state index in [1.54, 1.807) is 24.3 Å². The summed E-state index contributed by atoms with van der Waals surface area (Å²) in [6.07, 6.45) is 1.34. The molecule has 0 aliphatic rings. The average molecular weight is 566 g/mol. The third-order valence-electron chi connectivity index (χ3n) is 5.39. The number of rotatable bonds is 10. The first kappa shape index (κ1) is 29.8. The highest BCUT2D eigenvalue weighted by molar-refractivity contribution is 5.97. The summed E-state index contributed by atoms with van der Waals surface area (Å²) < 4.78 is 12.4. The van der Waals surface area contributed by atoms with Crippen LogP contribution in [0.3, 0.4) is 0 Å². The van der Waals surface area contributed by atoms with Crippen LogP contribution in [0, 0.1) is 5.82 Å². The maximum absolute atomic E-state index is 12.4. The van der Waals surface area contributed by atoms with E-state index in [-0.39, 0.29) is 47.6 Å². The zero-order valence-electron chi connectivity index (χ0n) is 21.2. The number of anilines is 2. The SMILES string of the molecule is Nc1nc2ncc(CNc3ccc(C(=O)NC(CCC(=O)O)C(=O)O)cc3)nc2c(=O)[nH]1.O=Cc1ccccc1F. The Hall–Kier alpha value is -5.73. The van der Waals surface area contributed by atoms with Gasteiger partial charge in [-0.2, -0.15) is 4.98 Å². The second-order valence-electron chi connectivity index (χ2n) is 8.35. The first-order valence-corrected chi connectivity index (χ1v) is 11.9. The van der Waals surface area contributed by atoms with Crippen molar-refractivity contribution >= 4 is 46.9 Å². The summed E-state index contributed by atoms with van der Waals surface area (Å²) in [5.74, 6) is -3.62. The Morgan fingerprint density at radius 3 is 2.39 bits per heavy atom. The Morgan fingerprint density at radius 1 is 1.07 bits per heavy atom. The van der Waals surface area contributed by atoms with E-state index in [2.05, 4.69) is 30.6 Å². The van der Waals surface area contributed by atoms with Gasteiger partial charge in [0.15, 0.2) is 17.5 Å². The van der Waals surface area contributed by atoms with Crippen molar-refractivity contribution in [3.8, 4) is 0 Å². The lowest BCUT2D eigenvalue weighted by molar-refractivity contribution is -0.140. The predicted molar refractivity (Wildman–Crippen MR) is 144 cm³/mol. The van der Waals surface area contributed by atoms with Crippen LogP contribution in [0.4, 0.5) is 16.0 Å². The van der Waals surface area contributed by atoms with Crippen molar-refractivity contribution in [2.45, 2.75) is 25.4 Å². The van der Waals surface area contributed by atoms with Gasteiger partial charge in [-0.25, -0.2) is 19.2 Å². The molecular weight excluding hydrogens is 541 g/mol. The lowest BCUT2D eigenvalue weighted by Crippen LogP contribution is -2.41. The molecule has 0 fully saturated rings. The van der Waals surface area contributed by atoms with Crippen molar-refractivity contribution in [2.24, 2.45) is 0 Å². The molecule has 2 heterocycles. The molecule has 0 bridgehead atoms. The topological polar surface area (TPSA) is 230 Å². The van der Waals surface area contributed by atoms with E-state index in [1.165, 1.54) is 30.5 Å². The lowest BCUT2D eigenvalue weighted by Gasteiger charge is -2.14. The molecule has 41 heavy (non-hydrogen) atoms. The standard InChI is InChI=1S/C19H19N7O6.C7H5FO/c20-19-25-15-14(17(30)26-19)23-11(8-22-15)7-21-10-3-1-9(2-4-10)16(29)24-12(18(31)32)5-6-13(27)28;8-7-4-2-1-3-6(7)5-9/h1-4,8,12,21H,5-7H2,(H,24,29)(H,27,28)(H,31,32)(H3,20,22,25,26,30);1-5H. The molecule has 2 aromatic carbocycles. The van der Waals surface area contributed by atoms with Gasteiger partial charge in [0, 0.05) is 17.7 Å². The third kappa shape index (κ3) is 8.64. The Labute approximate surface area is 230 Å². The summed E-state index contributed by atoms with van der Waals surface area (Å²) in [5, 5.41) is 23.2. The van der Waals surface area contributed by atoms with Crippen molar-refractivity contribution in [1.29, 1.82) is 0 Å². The van der Waals surface area contributed by atoms with Crippen LogP contribution in [-0.4, -0.2) is 60.3 Å². The number of nitrogen functional groups attached to an aromatic ring is 1. The monoisotopic (exact) mass is 565 g/mol. The number of halogens is 1. The summed E-state index contributed by atoms with van der Waals surface area (Å²) in [5.41, 5.74) is 6.58. The lowest BCUT2D eigenvalue weighted by atomic mass is 10.1. The first-order valence-electron chi connectivity index (χ1n) is 11.9. The molecule has 0 aliphatic heterocycles. The summed E-state index contributed by atoms with van der Waals surface area (Å²) in [4.78, 5) is 70.5. The molecule has 4 aromatic rings. The number of benzene rings is 2. The van der Waals surface area contributed by atoms with E-state index in [0.717, 1.165) is 0 Å². The van der Waals surface area contributed by atoms with Gasteiger partial charge in [-0.3, -0.25) is 24.2 Å². The zero-order chi connectivity index (χ0) is 29.9. The van der Waals surface area contributed by atoms with Crippen molar-refractivity contribution < 1.29 is 33.8 Å². The maximum atomic E-state index is 12.4. The number of aliphatic carboxylic acids is 2. The molecular formula is C26H24FN7O7. The summed E-state index contributed by atoms with van der Waals surface area (Å²) in [6.45, 7) is 0.231. The predicted octanol–water partition coefficient (Wildman–Crippen LogP) is 1.59. The fourth-order valence-electron chi connectivity index (χ4n) is 3.33. The molecule has 1 atom stereocenters. The Morgan fingerprint density at radius 2 is 1.78 bits per heavy atom. The van der Waals surface area contributed by atoms with Gasteiger partial charge in [0.05, 0.1) is 24.0 Å². The maximum Gasteiger partial charge on any atom is 0.326 e. The number of nitrogens with zero attached hydrogens (tertiary/aromatic N) is 3. The third-order valence-corrected chi connectivity index (χ3v) is 5.39. The zero-order valence-corrected chi connectivity index (χ0v) is 21.2. The van der Waals surface area contributed by atoms with Gasteiger partial charge < -0.3 is 26.6 Å².